The van der Waals surface area contributed by atoms with Crippen molar-refractivity contribution in [3.8, 4) is 17.6 Å². The molecule has 0 atom stereocenters. The van der Waals surface area contributed by atoms with Gasteiger partial charge >= 0.3 is 0 Å². The van der Waals surface area contributed by atoms with E-state index in [0.717, 1.165) is 23.4 Å². The van der Waals surface area contributed by atoms with Gasteiger partial charge in [-0.2, -0.15) is 0 Å². The van der Waals surface area contributed by atoms with E-state index in [2.05, 4.69) is 39.9 Å². The first kappa shape index (κ1) is 22.1. The topological polar surface area (TPSA) is 69.5 Å². The molecule has 0 aliphatic carbocycles. The summed E-state index contributed by atoms with van der Waals surface area (Å²) in [5, 5.41) is 29.8. The summed E-state index contributed by atoms with van der Waals surface area (Å²) in [4.78, 5) is 2.15. The fraction of sp³-hybridized carbons (Fsp3) is 0.308. The summed E-state index contributed by atoms with van der Waals surface area (Å²) < 4.78 is 0. The summed E-state index contributed by atoms with van der Waals surface area (Å²) in [7, 11) is 0. The smallest absolute Gasteiger partial charge is 0.151 e. The standard InChI is InChI=1S/C26H26ClN3O2/c1-2-20-6-7-22(27)17-21(20)18-26(32)13-15-30(16-14-26)25-12-9-23(28-29-25)8-3-19-4-10-24(31)11-5-19/h4-7,9-12,17,31-32H,2,13-16,18H2,1H3. The number of halogens is 1. The fourth-order valence-electron chi connectivity index (χ4n) is 4.03. The first-order chi connectivity index (χ1) is 15.4. The van der Waals surface area contributed by atoms with Gasteiger partial charge in [-0.15, -0.1) is 10.2 Å². The molecule has 5 nitrogen and oxygen atoms in total. The Labute approximate surface area is 193 Å². The van der Waals surface area contributed by atoms with Crippen molar-refractivity contribution >= 4 is 17.4 Å². The maximum atomic E-state index is 11.2. The van der Waals surface area contributed by atoms with E-state index < -0.39 is 5.60 Å². The van der Waals surface area contributed by atoms with Crippen molar-refractivity contribution in [3.05, 3.63) is 82.0 Å². The zero-order valence-electron chi connectivity index (χ0n) is 18.1. The van der Waals surface area contributed by atoms with Crippen LogP contribution in [-0.2, 0) is 12.8 Å². The van der Waals surface area contributed by atoms with Crippen LogP contribution in [-0.4, -0.2) is 39.1 Å². The van der Waals surface area contributed by atoms with Crippen molar-refractivity contribution in [2.24, 2.45) is 0 Å². The van der Waals surface area contributed by atoms with Gasteiger partial charge in [0, 0.05) is 30.1 Å². The third kappa shape index (κ3) is 5.40. The van der Waals surface area contributed by atoms with Crippen molar-refractivity contribution in [3.63, 3.8) is 0 Å². The summed E-state index contributed by atoms with van der Waals surface area (Å²) in [6.45, 7) is 3.55. The second-order valence-electron chi connectivity index (χ2n) is 8.23. The second kappa shape index (κ2) is 9.60. The van der Waals surface area contributed by atoms with Crippen LogP contribution in [0.25, 0.3) is 0 Å². The SMILES string of the molecule is CCc1ccc(Cl)cc1CC1(O)CCN(c2ccc(C#Cc3ccc(O)cc3)nn2)CC1. The molecule has 0 radical (unpaired) electrons. The average molecular weight is 448 g/mol. The van der Waals surface area contributed by atoms with Gasteiger partial charge < -0.3 is 15.1 Å². The number of hydrogen-bond acceptors (Lipinski definition) is 5. The van der Waals surface area contributed by atoms with Crippen LogP contribution in [0.15, 0.2) is 54.6 Å². The van der Waals surface area contributed by atoms with E-state index in [-0.39, 0.29) is 5.75 Å². The lowest BCUT2D eigenvalue weighted by Gasteiger charge is -2.39. The third-order valence-electron chi connectivity index (χ3n) is 5.94. The van der Waals surface area contributed by atoms with Crippen LogP contribution in [0.2, 0.25) is 5.02 Å². The summed E-state index contributed by atoms with van der Waals surface area (Å²) >= 11 is 6.19. The molecular formula is C26H26ClN3O2. The first-order valence-corrected chi connectivity index (χ1v) is 11.2. The van der Waals surface area contributed by atoms with Crippen molar-refractivity contribution in [1.82, 2.24) is 10.2 Å². The molecule has 1 saturated heterocycles. The van der Waals surface area contributed by atoms with Crippen LogP contribution in [0.1, 0.15) is 42.1 Å². The molecule has 1 aliphatic rings. The summed E-state index contributed by atoms with van der Waals surface area (Å²) in [5.41, 5.74) is 3.01. The van der Waals surface area contributed by atoms with Crippen molar-refractivity contribution in [2.75, 3.05) is 18.0 Å². The number of hydrogen-bond donors (Lipinski definition) is 2. The van der Waals surface area contributed by atoms with Gasteiger partial charge in [0.1, 0.15) is 11.4 Å². The Hall–Kier alpha value is -3.07. The lowest BCUT2D eigenvalue weighted by atomic mass is 9.83. The molecule has 2 heterocycles. The monoisotopic (exact) mass is 447 g/mol. The van der Waals surface area contributed by atoms with Crippen LogP contribution in [0.5, 0.6) is 5.75 Å². The number of piperidine rings is 1. The number of anilines is 1. The number of benzene rings is 2. The Morgan fingerprint density at radius 3 is 2.38 bits per heavy atom. The largest absolute Gasteiger partial charge is 0.508 e. The molecule has 0 unspecified atom stereocenters. The number of phenolic OH excluding ortho intramolecular Hbond substituents is 1. The predicted octanol–water partition coefficient (Wildman–Crippen LogP) is 4.37. The Morgan fingerprint density at radius 2 is 1.72 bits per heavy atom. The number of nitrogens with zero attached hydrogens (tertiary/aromatic N) is 3. The molecule has 6 heteroatoms. The molecule has 164 valence electrons. The highest BCUT2D eigenvalue weighted by Gasteiger charge is 2.33. The zero-order valence-corrected chi connectivity index (χ0v) is 18.8. The molecule has 1 aromatic heterocycles. The van der Waals surface area contributed by atoms with Gasteiger partial charge in [-0.3, -0.25) is 0 Å². The summed E-state index contributed by atoms with van der Waals surface area (Å²) in [5.74, 6) is 7.01. The second-order valence-corrected chi connectivity index (χ2v) is 8.66. The number of aromatic hydroxyl groups is 1. The van der Waals surface area contributed by atoms with Gasteiger partial charge in [-0.25, -0.2) is 0 Å². The van der Waals surface area contributed by atoms with E-state index in [9.17, 15) is 10.2 Å². The first-order valence-electron chi connectivity index (χ1n) is 10.8. The number of phenols is 1. The number of rotatable bonds is 4. The summed E-state index contributed by atoms with van der Waals surface area (Å²) in [6, 6.07) is 16.4. The molecule has 1 fully saturated rings. The minimum Gasteiger partial charge on any atom is -0.508 e. The maximum absolute atomic E-state index is 11.2. The van der Waals surface area contributed by atoms with Crippen molar-refractivity contribution < 1.29 is 10.2 Å². The highest BCUT2D eigenvalue weighted by Crippen LogP contribution is 2.30. The lowest BCUT2D eigenvalue weighted by molar-refractivity contribution is 0.0162. The molecule has 32 heavy (non-hydrogen) atoms. The molecule has 2 aromatic carbocycles. The molecule has 0 saturated carbocycles. The van der Waals surface area contributed by atoms with Crippen molar-refractivity contribution in [2.45, 2.75) is 38.2 Å². The van der Waals surface area contributed by atoms with Gasteiger partial charge in [0.25, 0.3) is 0 Å². The average Bonchev–Trinajstić information content (AvgIpc) is 2.80. The molecule has 0 amide bonds. The molecule has 1 aliphatic heterocycles. The quantitative estimate of drug-likeness (QED) is 0.581. The van der Waals surface area contributed by atoms with Gasteiger partial charge in [-0.1, -0.05) is 30.5 Å². The minimum absolute atomic E-state index is 0.214. The van der Waals surface area contributed by atoms with Gasteiger partial charge in [0.2, 0.25) is 0 Å². The molecule has 3 aromatic rings. The van der Waals surface area contributed by atoms with E-state index >= 15 is 0 Å². The number of aliphatic hydroxyl groups is 1. The lowest BCUT2D eigenvalue weighted by Crippen LogP contribution is -2.46. The predicted molar refractivity (Wildman–Crippen MR) is 127 cm³/mol. The number of aromatic nitrogens is 2. The Bertz CT molecular complexity index is 1130. The number of aryl methyl sites for hydroxylation is 1. The van der Waals surface area contributed by atoms with Crippen LogP contribution in [0, 0.1) is 11.8 Å². The van der Waals surface area contributed by atoms with Gasteiger partial charge in [0.05, 0.1) is 5.60 Å². The van der Waals surface area contributed by atoms with Crippen LogP contribution >= 0.6 is 11.6 Å². The molecule has 0 spiro atoms. The molecule has 4 rings (SSSR count). The summed E-state index contributed by atoms with van der Waals surface area (Å²) in [6.07, 6.45) is 2.85. The van der Waals surface area contributed by atoms with Gasteiger partial charge in [-0.05, 0) is 84.8 Å². The van der Waals surface area contributed by atoms with E-state index in [1.54, 1.807) is 24.3 Å². The molecule has 0 bridgehead atoms. The molecule has 2 N–H and O–H groups in total. The van der Waals surface area contributed by atoms with Gasteiger partial charge in [0.15, 0.2) is 5.82 Å². The fourth-order valence-corrected chi connectivity index (χ4v) is 4.22. The Balaban J connectivity index is 1.38. The van der Waals surface area contributed by atoms with Crippen LogP contribution in [0.3, 0.4) is 0 Å². The van der Waals surface area contributed by atoms with Crippen LogP contribution < -0.4 is 4.90 Å². The van der Waals surface area contributed by atoms with Crippen molar-refractivity contribution in [1.29, 1.82) is 0 Å². The normalized spacial score (nSPS) is 15.2. The van der Waals surface area contributed by atoms with Crippen LogP contribution in [0.4, 0.5) is 5.82 Å². The Morgan fingerprint density at radius 1 is 0.969 bits per heavy atom. The third-order valence-corrected chi connectivity index (χ3v) is 6.17. The zero-order chi connectivity index (χ0) is 22.6. The minimum atomic E-state index is -0.742. The van der Waals surface area contributed by atoms with E-state index in [0.29, 0.717) is 43.1 Å². The highest BCUT2D eigenvalue weighted by atomic mass is 35.5. The van der Waals surface area contributed by atoms with E-state index in [4.69, 9.17) is 11.6 Å². The highest BCUT2D eigenvalue weighted by molar-refractivity contribution is 6.30. The Kier molecular flexibility index (Phi) is 6.64. The maximum Gasteiger partial charge on any atom is 0.151 e. The van der Waals surface area contributed by atoms with E-state index in [1.165, 1.54) is 5.56 Å². The molecular weight excluding hydrogens is 422 g/mol. The van der Waals surface area contributed by atoms with E-state index in [1.807, 2.05) is 24.3 Å².